The first-order valence-corrected chi connectivity index (χ1v) is 12.0. The summed E-state index contributed by atoms with van der Waals surface area (Å²) in [5, 5.41) is 3.01. The van der Waals surface area contributed by atoms with Crippen molar-refractivity contribution in [3.8, 4) is 0 Å². The Morgan fingerprint density at radius 2 is 1.66 bits per heavy atom. The van der Waals surface area contributed by atoms with Gasteiger partial charge in [0.1, 0.15) is 10.7 Å². The van der Waals surface area contributed by atoms with Crippen LogP contribution in [0, 0.1) is 12.7 Å². The van der Waals surface area contributed by atoms with Gasteiger partial charge in [-0.15, -0.1) is 0 Å². The van der Waals surface area contributed by atoms with Gasteiger partial charge in [-0.3, -0.25) is 23.9 Å². The van der Waals surface area contributed by atoms with Gasteiger partial charge in [0.05, 0.1) is 10.9 Å². The standard InChI is InChI=1S/C24H21FN4O5S/c1-15-5-4-8-20(22(15)25)35(33,34)28-17-11-9-16(10-12-17)26-21(30)13-14-29-19-7-3-2-6-18(19)23(31)27-24(29)32/h2-12,28H,13-14H2,1H3,(H,26,30)(H,27,31,32). The van der Waals surface area contributed by atoms with Gasteiger partial charge in [-0.05, 0) is 55.0 Å². The van der Waals surface area contributed by atoms with Crippen molar-refractivity contribution >= 4 is 38.2 Å². The number of rotatable bonds is 7. The Balaban J connectivity index is 1.42. The number of aromatic amines is 1. The number of aromatic nitrogens is 2. The number of carbonyl (C=O) groups excluding carboxylic acids is 1. The quantitative estimate of drug-likeness (QED) is 0.362. The Labute approximate surface area is 199 Å². The minimum Gasteiger partial charge on any atom is -0.326 e. The fourth-order valence-corrected chi connectivity index (χ4v) is 4.77. The first-order valence-electron chi connectivity index (χ1n) is 10.6. The molecular weight excluding hydrogens is 475 g/mol. The summed E-state index contributed by atoms with van der Waals surface area (Å²) < 4.78 is 42.9. The lowest BCUT2D eigenvalue weighted by atomic mass is 10.2. The second-order valence-corrected chi connectivity index (χ2v) is 9.45. The Morgan fingerprint density at radius 3 is 2.40 bits per heavy atom. The summed E-state index contributed by atoms with van der Waals surface area (Å²) in [7, 11) is -4.14. The number of nitrogens with one attached hydrogen (secondary N) is 3. The molecule has 0 radical (unpaired) electrons. The van der Waals surface area contributed by atoms with Crippen molar-refractivity contribution < 1.29 is 17.6 Å². The van der Waals surface area contributed by atoms with E-state index in [1.807, 2.05) is 0 Å². The summed E-state index contributed by atoms with van der Waals surface area (Å²) in [6, 6.07) is 16.5. The van der Waals surface area contributed by atoms with E-state index in [0.29, 0.717) is 16.6 Å². The molecule has 180 valence electrons. The normalized spacial score (nSPS) is 11.4. The molecule has 0 aliphatic rings. The molecule has 0 atom stereocenters. The minimum atomic E-state index is -4.14. The summed E-state index contributed by atoms with van der Waals surface area (Å²) in [6.07, 6.45) is -0.0447. The molecule has 3 aromatic carbocycles. The van der Waals surface area contributed by atoms with Crippen LogP contribution < -0.4 is 21.3 Å². The van der Waals surface area contributed by atoms with Gasteiger partial charge in [-0.1, -0.05) is 24.3 Å². The number of hydrogen-bond acceptors (Lipinski definition) is 5. The van der Waals surface area contributed by atoms with Crippen molar-refractivity contribution in [3.05, 3.63) is 98.9 Å². The molecule has 0 saturated heterocycles. The van der Waals surface area contributed by atoms with Gasteiger partial charge in [0.15, 0.2) is 0 Å². The number of aryl methyl sites for hydroxylation is 2. The molecule has 3 N–H and O–H groups in total. The van der Waals surface area contributed by atoms with Crippen LogP contribution in [0.3, 0.4) is 0 Å². The van der Waals surface area contributed by atoms with Gasteiger partial charge in [0.2, 0.25) is 5.91 Å². The molecule has 0 unspecified atom stereocenters. The second kappa shape index (κ2) is 9.55. The van der Waals surface area contributed by atoms with Crippen LogP contribution in [0.2, 0.25) is 0 Å². The van der Waals surface area contributed by atoms with Crippen LogP contribution in [0.1, 0.15) is 12.0 Å². The van der Waals surface area contributed by atoms with Crippen molar-refractivity contribution in [2.24, 2.45) is 0 Å². The average Bonchev–Trinajstić information content (AvgIpc) is 2.81. The molecule has 0 aliphatic heterocycles. The predicted octanol–water partition coefficient (Wildman–Crippen LogP) is 2.97. The van der Waals surface area contributed by atoms with E-state index in [-0.39, 0.29) is 30.1 Å². The molecule has 0 bridgehead atoms. The lowest BCUT2D eigenvalue weighted by Crippen LogP contribution is -2.31. The van der Waals surface area contributed by atoms with Crippen molar-refractivity contribution in [1.82, 2.24) is 9.55 Å². The maximum atomic E-state index is 14.2. The number of benzene rings is 3. The number of hydrogen-bond donors (Lipinski definition) is 3. The molecule has 35 heavy (non-hydrogen) atoms. The summed E-state index contributed by atoms with van der Waals surface area (Å²) in [6.45, 7) is 1.52. The first kappa shape index (κ1) is 23.9. The summed E-state index contributed by atoms with van der Waals surface area (Å²) in [5.41, 5.74) is 0.127. The van der Waals surface area contributed by atoms with Gasteiger partial charge in [-0.2, -0.15) is 0 Å². The molecule has 1 heterocycles. The molecule has 9 nitrogen and oxygen atoms in total. The van der Waals surface area contributed by atoms with Crippen molar-refractivity contribution in [2.45, 2.75) is 24.8 Å². The van der Waals surface area contributed by atoms with Gasteiger partial charge in [0, 0.05) is 24.3 Å². The molecule has 1 amide bonds. The highest BCUT2D eigenvalue weighted by Gasteiger charge is 2.20. The van der Waals surface area contributed by atoms with Gasteiger partial charge in [0.25, 0.3) is 15.6 Å². The fourth-order valence-electron chi connectivity index (χ4n) is 3.56. The number of anilines is 2. The lowest BCUT2D eigenvalue weighted by molar-refractivity contribution is -0.116. The minimum absolute atomic E-state index is 0.0436. The zero-order valence-corrected chi connectivity index (χ0v) is 19.4. The predicted molar refractivity (Wildman–Crippen MR) is 130 cm³/mol. The lowest BCUT2D eigenvalue weighted by Gasteiger charge is -2.12. The van der Waals surface area contributed by atoms with Crippen LogP contribution in [-0.2, 0) is 21.4 Å². The number of amides is 1. The van der Waals surface area contributed by atoms with Crippen LogP contribution in [0.15, 0.2) is 81.2 Å². The molecule has 0 aliphatic carbocycles. The Bertz CT molecular complexity index is 1640. The third-order valence-corrected chi connectivity index (χ3v) is 6.73. The third kappa shape index (κ3) is 5.14. The number of carbonyl (C=O) groups is 1. The Hall–Kier alpha value is -4.25. The molecule has 0 saturated carbocycles. The highest BCUT2D eigenvalue weighted by molar-refractivity contribution is 7.92. The average molecular weight is 497 g/mol. The molecule has 11 heteroatoms. The number of halogens is 1. The van der Waals surface area contributed by atoms with Gasteiger partial charge < -0.3 is 5.32 Å². The molecule has 1 aromatic heterocycles. The highest BCUT2D eigenvalue weighted by Crippen LogP contribution is 2.22. The van der Waals surface area contributed by atoms with Crippen molar-refractivity contribution in [3.63, 3.8) is 0 Å². The van der Waals surface area contributed by atoms with E-state index in [2.05, 4.69) is 15.0 Å². The number of H-pyrrole nitrogens is 1. The second-order valence-electron chi connectivity index (χ2n) is 7.80. The largest absolute Gasteiger partial charge is 0.328 e. The monoisotopic (exact) mass is 496 g/mol. The summed E-state index contributed by atoms with van der Waals surface area (Å²) in [4.78, 5) is 38.4. The molecular formula is C24H21FN4O5S. The number of nitrogens with zero attached hydrogens (tertiary/aromatic N) is 1. The van der Waals surface area contributed by atoms with E-state index < -0.39 is 32.0 Å². The van der Waals surface area contributed by atoms with Crippen LogP contribution in [0.4, 0.5) is 15.8 Å². The van der Waals surface area contributed by atoms with E-state index in [1.165, 1.54) is 54.0 Å². The van der Waals surface area contributed by atoms with E-state index >= 15 is 0 Å². The Kier molecular flexibility index (Phi) is 6.52. The van der Waals surface area contributed by atoms with E-state index in [0.717, 1.165) is 0 Å². The van der Waals surface area contributed by atoms with Crippen LogP contribution in [0.5, 0.6) is 0 Å². The van der Waals surface area contributed by atoms with Crippen molar-refractivity contribution in [1.29, 1.82) is 0 Å². The van der Waals surface area contributed by atoms with Gasteiger partial charge >= 0.3 is 5.69 Å². The highest BCUT2D eigenvalue weighted by atomic mass is 32.2. The molecule has 0 fully saturated rings. The zero-order valence-electron chi connectivity index (χ0n) is 18.5. The maximum Gasteiger partial charge on any atom is 0.328 e. The molecule has 4 rings (SSSR count). The van der Waals surface area contributed by atoms with E-state index in [9.17, 15) is 27.2 Å². The van der Waals surface area contributed by atoms with Crippen LogP contribution in [-0.4, -0.2) is 23.9 Å². The topological polar surface area (TPSA) is 130 Å². The number of fused-ring (bicyclic) bond motifs is 1. The summed E-state index contributed by atoms with van der Waals surface area (Å²) in [5.74, 6) is -1.21. The molecule has 0 spiro atoms. The Morgan fingerprint density at radius 1 is 0.971 bits per heavy atom. The SMILES string of the molecule is Cc1cccc(S(=O)(=O)Nc2ccc(NC(=O)CCn3c(=O)[nH]c(=O)c4ccccc43)cc2)c1F. The molecule has 4 aromatic rings. The van der Waals surface area contributed by atoms with Crippen molar-refractivity contribution in [2.75, 3.05) is 10.0 Å². The van der Waals surface area contributed by atoms with E-state index in [1.54, 1.807) is 24.3 Å². The smallest absolute Gasteiger partial charge is 0.326 e. The summed E-state index contributed by atoms with van der Waals surface area (Å²) >= 11 is 0. The third-order valence-electron chi connectivity index (χ3n) is 5.33. The number of sulfonamides is 1. The first-order chi connectivity index (χ1) is 16.7. The maximum absolute atomic E-state index is 14.2. The van der Waals surface area contributed by atoms with Crippen LogP contribution >= 0.6 is 0 Å². The van der Waals surface area contributed by atoms with E-state index in [4.69, 9.17) is 0 Å². The number of para-hydroxylation sites is 1. The fraction of sp³-hybridized carbons (Fsp3) is 0.125. The van der Waals surface area contributed by atoms with Gasteiger partial charge in [-0.25, -0.2) is 17.6 Å². The van der Waals surface area contributed by atoms with Crippen LogP contribution in [0.25, 0.3) is 10.9 Å². The zero-order chi connectivity index (χ0) is 25.2.